The molecule has 2 aromatic rings. The van der Waals surface area contributed by atoms with Gasteiger partial charge in [0, 0.05) is 32.7 Å². The predicted molar refractivity (Wildman–Crippen MR) is 97.3 cm³/mol. The quantitative estimate of drug-likeness (QED) is 0.891. The third-order valence-electron chi connectivity index (χ3n) is 5.08. The minimum atomic E-state index is -3.29. The molecule has 0 atom stereocenters. The number of aromatic nitrogens is 2. The molecule has 136 valence electrons. The van der Waals surface area contributed by atoms with Crippen LogP contribution in [0.4, 0.5) is 0 Å². The smallest absolute Gasteiger partial charge is 0.282 e. The second-order valence-corrected chi connectivity index (χ2v) is 8.77. The van der Waals surface area contributed by atoms with Gasteiger partial charge in [0.15, 0.2) is 0 Å². The molecule has 2 aliphatic heterocycles. The van der Waals surface area contributed by atoms with Gasteiger partial charge in [-0.15, -0.1) is 0 Å². The summed E-state index contributed by atoms with van der Waals surface area (Å²) >= 11 is 0. The summed E-state index contributed by atoms with van der Waals surface area (Å²) in [6.45, 7) is 4.86. The van der Waals surface area contributed by atoms with Crippen LogP contribution in [-0.4, -0.2) is 71.2 Å². The molecule has 0 spiro atoms. The van der Waals surface area contributed by atoms with Crippen LogP contribution in [-0.2, 0) is 16.8 Å². The summed E-state index contributed by atoms with van der Waals surface area (Å²) in [4.78, 5) is 10.3. The van der Waals surface area contributed by atoms with Crippen molar-refractivity contribution in [1.29, 1.82) is 0 Å². The molecule has 0 unspecified atom stereocenters. The number of nitrogens with zero attached hydrogens (tertiary/aromatic N) is 4. The summed E-state index contributed by atoms with van der Waals surface area (Å²) in [6.07, 6.45) is 2.81. The standard InChI is InChI=1S/C17H25N5O2S/c23-25(24,21-9-3-4-10-21)22-11-5-8-20(12-13-22)14-17-18-15-6-1-2-7-16(15)19-17/h1-2,6-7H,3-5,8-14H2,(H,18,19). The minimum absolute atomic E-state index is 0.555. The molecule has 0 saturated carbocycles. The van der Waals surface area contributed by atoms with Crippen molar-refractivity contribution >= 4 is 21.2 Å². The first kappa shape index (κ1) is 17.0. The summed E-state index contributed by atoms with van der Waals surface area (Å²) in [5.74, 6) is 0.942. The first-order valence-corrected chi connectivity index (χ1v) is 10.4. The van der Waals surface area contributed by atoms with E-state index in [-0.39, 0.29) is 0 Å². The van der Waals surface area contributed by atoms with Gasteiger partial charge in [0.05, 0.1) is 17.6 Å². The average Bonchev–Trinajstić information content (AvgIpc) is 3.21. The van der Waals surface area contributed by atoms with Crippen molar-refractivity contribution in [3.8, 4) is 0 Å². The number of nitrogens with one attached hydrogen (secondary N) is 1. The highest BCUT2D eigenvalue weighted by Gasteiger charge is 2.32. The van der Waals surface area contributed by atoms with Crippen LogP contribution in [0.15, 0.2) is 24.3 Å². The van der Waals surface area contributed by atoms with E-state index in [1.807, 2.05) is 24.3 Å². The van der Waals surface area contributed by atoms with Crippen LogP contribution in [0.5, 0.6) is 0 Å². The molecule has 7 nitrogen and oxygen atoms in total. The summed E-state index contributed by atoms with van der Waals surface area (Å²) < 4.78 is 28.8. The van der Waals surface area contributed by atoms with Crippen LogP contribution in [0.25, 0.3) is 11.0 Å². The maximum atomic E-state index is 12.7. The number of aromatic amines is 1. The molecule has 1 aromatic carbocycles. The Morgan fingerprint density at radius 3 is 2.44 bits per heavy atom. The van der Waals surface area contributed by atoms with Crippen molar-refractivity contribution in [2.75, 3.05) is 39.3 Å². The zero-order valence-corrected chi connectivity index (χ0v) is 15.2. The third-order valence-corrected chi connectivity index (χ3v) is 7.11. The molecule has 1 N–H and O–H groups in total. The molecule has 0 radical (unpaired) electrons. The molecular formula is C17H25N5O2S. The lowest BCUT2D eigenvalue weighted by atomic mass is 10.3. The number of hydrogen-bond acceptors (Lipinski definition) is 4. The van der Waals surface area contributed by atoms with E-state index in [0.29, 0.717) is 26.2 Å². The second-order valence-electron chi connectivity index (χ2n) is 6.84. The van der Waals surface area contributed by atoms with Crippen molar-refractivity contribution in [3.05, 3.63) is 30.1 Å². The number of rotatable bonds is 4. The molecule has 0 aliphatic carbocycles. The largest absolute Gasteiger partial charge is 0.341 e. The van der Waals surface area contributed by atoms with Crippen molar-refractivity contribution in [1.82, 2.24) is 23.5 Å². The van der Waals surface area contributed by atoms with Gasteiger partial charge in [-0.2, -0.15) is 17.0 Å². The Morgan fingerprint density at radius 1 is 0.920 bits per heavy atom. The van der Waals surface area contributed by atoms with Crippen LogP contribution in [0, 0.1) is 0 Å². The number of imidazole rings is 1. The van der Waals surface area contributed by atoms with Crippen molar-refractivity contribution in [3.63, 3.8) is 0 Å². The molecule has 2 aliphatic rings. The first-order chi connectivity index (χ1) is 12.1. The molecule has 8 heteroatoms. The van der Waals surface area contributed by atoms with E-state index in [2.05, 4.69) is 14.9 Å². The number of para-hydroxylation sites is 2. The van der Waals surface area contributed by atoms with Gasteiger partial charge in [0.25, 0.3) is 10.2 Å². The van der Waals surface area contributed by atoms with Crippen LogP contribution < -0.4 is 0 Å². The van der Waals surface area contributed by atoms with Gasteiger partial charge in [-0.3, -0.25) is 4.90 Å². The van der Waals surface area contributed by atoms with Crippen molar-refractivity contribution in [2.24, 2.45) is 0 Å². The monoisotopic (exact) mass is 363 g/mol. The van der Waals surface area contributed by atoms with Crippen LogP contribution in [0.1, 0.15) is 25.1 Å². The molecule has 1 aromatic heterocycles. The third kappa shape index (κ3) is 3.57. The summed E-state index contributed by atoms with van der Waals surface area (Å²) in [5, 5.41) is 0. The molecule has 25 heavy (non-hydrogen) atoms. The van der Waals surface area contributed by atoms with Gasteiger partial charge in [0.2, 0.25) is 0 Å². The summed E-state index contributed by atoms with van der Waals surface area (Å²) in [6, 6.07) is 8.01. The highest BCUT2D eigenvalue weighted by atomic mass is 32.2. The van der Waals surface area contributed by atoms with Gasteiger partial charge in [0.1, 0.15) is 5.82 Å². The summed E-state index contributed by atoms with van der Waals surface area (Å²) in [5.41, 5.74) is 2.02. The lowest BCUT2D eigenvalue weighted by molar-refractivity contribution is 0.271. The fourth-order valence-corrected chi connectivity index (χ4v) is 5.43. The van der Waals surface area contributed by atoms with Gasteiger partial charge in [-0.1, -0.05) is 12.1 Å². The van der Waals surface area contributed by atoms with Crippen LogP contribution >= 0.6 is 0 Å². The number of hydrogen-bond donors (Lipinski definition) is 1. The van der Waals surface area contributed by atoms with Crippen LogP contribution in [0.3, 0.4) is 0 Å². The fraction of sp³-hybridized carbons (Fsp3) is 0.588. The molecule has 4 rings (SSSR count). The van der Waals surface area contributed by atoms with E-state index in [4.69, 9.17) is 0 Å². The topological polar surface area (TPSA) is 72.5 Å². The molecule has 0 bridgehead atoms. The Bertz CT molecular complexity index is 795. The summed E-state index contributed by atoms with van der Waals surface area (Å²) in [7, 11) is -3.29. The van der Waals surface area contributed by atoms with Gasteiger partial charge >= 0.3 is 0 Å². The lowest BCUT2D eigenvalue weighted by Gasteiger charge is -2.26. The first-order valence-electron chi connectivity index (χ1n) is 9.04. The van der Waals surface area contributed by atoms with Gasteiger partial charge in [-0.05, 0) is 37.9 Å². The maximum Gasteiger partial charge on any atom is 0.282 e. The molecule has 2 saturated heterocycles. The van der Waals surface area contributed by atoms with E-state index in [9.17, 15) is 8.42 Å². The van der Waals surface area contributed by atoms with E-state index in [0.717, 1.165) is 55.8 Å². The Labute approximate surface area is 148 Å². The molecule has 2 fully saturated rings. The van der Waals surface area contributed by atoms with Gasteiger partial charge in [-0.25, -0.2) is 4.98 Å². The number of fused-ring (bicyclic) bond motifs is 1. The number of benzene rings is 1. The Balaban J connectivity index is 1.41. The van der Waals surface area contributed by atoms with Crippen molar-refractivity contribution in [2.45, 2.75) is 25.8 Å². The van der Waals surface area contributed by atoms with Gasteiger partial charge < -0.3 is 4.98 Å². The van der Waals surface area contributed by atoms with E-state index >= 15 is 0 Å². The zero-order chi connectivity index (χ0) is 17.3. The van der Waals surface area contributed by atoms with Crippen LogP contribution in [0.2, 0.25) is 0 Å². The molecule has 3 heterocycles. The SMILES string of the molecule is O=S(=O)(N1CCCC1)N1CCCN(Cc2nc3ccccc3[nH]2)CC1. The Morgan fingerprint density at radius 2 is 1.64 bits per heavy atom. The fourth-order valence-electron chi connectivity index (χ4n) is 3.71. The van der Waals surface area contributed by atoms with E-state index in [1.165, 1.54) is 0 Å². The van der Waals surface area contributed by atoms with E-state index < -0.39 is 10.2 Å². The maximum absolute atomic E-state index is 12.7. The predicted octanol–water partition coefficient (Wildman–Crippen LogP) is 1.41. The second kappa shape index (κ2) is 7.03. The average molecular weight is 363 g/mol. The zero-order valence-electron chi connectivity index (χ0n) is 14.4. The molecule has 0 amide bonds. The van der Waals surface area contributed by atoms with Crippen molar-refractivity contribution < 1.29 is 8.42 Å². The Hall–Kier alpha value is -1.48. The highest BCUT2D eigenvalue weighted by Crippen LogP contribution is 2.19. The Kier molecular flexibility index (Phi) is 4.77. The highest BCUT2D eigenvalue weighted by molar-refractivity contribution is 7.86. The minimum Gasteiger partial charge on any atom is -0.341 e. The lowest BCUT2D eigenvalue weighted by Crippen LogP contribution is -2.44. The normalized spacial score (nSPS) is 21.8. The van der Waals surface area contributed by atoms with E-state index in [1.54, 1.807) is 8.61 Å². The number of H-pyrrole nitrogens is 1. The molecular weight excluding hydrogens is 338 g/mol.